The molecule has 0 bridgehead atoms. The number of carbonyl (C=O) groups excluding carboxylic acids is 4. The number of ketones is 2. The Balaban J connectivity index is 1.98. The number of ether oxygens (including phenoxy) is 1. The number of phenols is 2. The molecule has 0 saturated heterocycles. The lowest BCUT2D eigenvalue weighted by atomic mass is 9.79. The molecule has 4 rings (SSSR count). The van der Waals surface area contributed by atoms with Gasteiger partial charge in [0.15, 0.2) is 5.78 Å². The Morgan fingerprint density at radius 3 is 2.56 bits per heavy atom. The predicted octanol–water partition coefficient (Wildman–Crippen LogP) is 0.889. The van der Waals surface area contributed by atoms with Crippen LogP contribution in [0, 0.1) is 0 Å². The molecule has 1 heterocycles. The number of benzene rings is 2. The maximum atomic E-state index is 12.9. The fraction of sp³-hybridized carbons (Fsp3) is 0.158. The highest BCUT2D eigenvalue weighted by Gasteiger charge is 2.39. The number of hydrogen-bond acceptors (Lipinski definition) is 7. The molecule has 0 saturated carbocycles. The van der Waals surface area contributed by atoms with Gasteiger partial charge in [0.25, 0.3) is 0 Å². The molecule has 0 aromatic heterocycles. The van der Waals surface area contributed by atoms with Crippen LogP contribution < -0.4 is 5.73 Å². The first-order valence-electron chi connectivity index (χ1n) is 8.07. The van der Waals surface area contributed by atoms with Crippen molar-refractivity contribution in [1.29, 1.82) is 0 Å². The van der Waals surface area contributed by atoms with Gasteiger partial charge in [-0.2, -0.15) is 0 Å². The number of primary amides is 1. The summed E-state index contributed by atoms with van der Waals surface area (Å²) in [7, 11) is 0. The van der Waals surface area contributed by atoms with E-state index in [0.717, 1.165) is 0 Å². The quantitative estimate of drug-likeness (QED) is 0.570. The summed E-state index contributed by atoms with van der Waals surface area (Å²) >= 11 is 0. The van der Waals surface area contributed by atoms with Gasteiger partial charge < -0.3 is 20.7 Å². The van der Waals surface area contributed by atoms with E-state index in [-0.39, 0.29) is 46.4 Å². The molecule has 1 unspecified atom stereocenters. The van der Waals surface area contributed by atoms with Crippen LogP contribution >= 0.6 is 0 Å². The maximum absolute atomic E-state index is 12.9. The normalized spacial score (nSPS) is 17.6. The number of rotatable bonds is 2. The molecule has 136 valence electrons. The van der Waals surface area contributed by atoms with Gasteiger partial charge in [-0.1, -0.05) is 12.1 Å². The van der Waals surface area contributed by atoms with Crippen LogP contribution in [0.1, 0.15) is 55.5 Å². The molecule has 27 heavy (non-hydrogen) atoms. The Morgan fingerprint density at radius 1 is 1.11 bits per heavy atom. The number of carbonyl (C=O) groups is 4. The molecule has 4 N–H and O–H groups in total. The molecule has 2 aromatic carbocycles. The summed E-state index contributed by atoms with van der Waals surface area (Å²) in [6.07, 6.45) is -1.76. The van der Waals surface area contributed by atoms with Crippen molar-refractivity contribution in [2.75, 3.05) is 0 Å². The van der Waals surface area contributed by atoms with E-state index in [1.165, 1.54) is 24.3 Å². The van der Waals surface area contributed by atoms with Crippen molar-refractivity contribution < 1.29 is 34.1 Å². The second-order valence-corrected chi connectivity index (χ2v) is 6.40. The van der Waals surface area contributed by atoms with E-state index >= 15 is 0 Å². The van der Waals surface area contributed by atoms with E-state index in [1.54, 1.807) is 0 Å². The minimum Gasteiger partial charge on any atom is -0.507 e. The Labute approximate surface area is 152 Å². The first kappa shape index (κ1) is 16.8. The SMILES string of the molecule is NC(=O)CC1OC(=O)Cc2cc3c(c(O)c21)C(=O)c1c(O)cccc1C3=O. The summed E-state index contributed by atoms with van der Waals surface area (Å²) in [4.78, 5) is 48.9. The molecule has 1 aliphatic heterocycles. The number of nitrogens with two attached hydrogens (primary N) is 1. The first-order valence-corrected chi connectivity index (χ1v) is 8.07. The second-order valence-electron chi connectivity index (χ2n) is 6.40. The highest BCUT2D eigenvalue weighted by Crippen LogP contribution is 2.44. The molecule has 8 nitrogen and oxygen atoms in total. The zero-order valence-electron chi connectivity index (χ0n) is 13.8. The second kappa shape index (κ2) is 5.66. The topological polar surface area (TPSA) is 144 Å². The number of aromatic hydroxyl groups is 2. The maximum Gasteiger partial charge on any atom is 0.310 e. The minimum absolute atomic E-state index is 0.0129. The number of hydrogen-bond donors (Lipinski definition) is 3. The molecule has 0 spiro atoms. The fourth-order valence-electron chi connectivity index (χ4n) is 3.63. The van der Waals surface area contributed by atoms with Crippen LogP contribution in [0.2, 0.25) is 0 Å². The van der Waals surface area contributed by atoms with E-state index in [9.17, 15) is 29.4 Å². The van der Waals surface area contributed by atoms with Crippen molar-refractivity contribution >= 4 is 23.4 Å². The number of amides is 1. The lowest BCUT2D eigenvalue weighted by molar-refractivity contribution is -0.151. The van der Waals surface area contributed by atoms with Gasteiger partial charge >= 0.3 is 5.97 Å². The van der Waals surface area contributed by atoms with Crippen molar-refractivity contribution in [2.24, 2.45) is 5.73 Å². The molecule has 1 atom stereocenters. The van der Waals surface area contributed by atoms with E-state index in [0.29, 0.717) is 5.56 Å². The Kier molecular flexibility index (Phi) is 3.52. The molecular weight excluding hydrogens is 354 g/mol. The van der Waals surface area contributed by atoms with Gasteiger partial charge in [-0.25, -0.2) is 0 Å². The van der Waals surface area contributed by atoms with Gasteiger partial charge in [0.1, 0.15) is 17.6 Å². The van der Waals surface area contributed by atoms with E-state index in [1.807, 2.05) is 0 Å². The standard InChI is InChI=1S/C19H13NO7/c20-12(22)6-11-14-7(5-13(23)27-11)4-9-16(18(14)25)19(26)15-8(17(9)24)2-1-3-10(15)21/h1-4,11,21,25H,5-6H2,(H2,20,22). The Morgan fingerprint density at radius 2 is 1.85 bits per heavy atom. The van der Waals surface area contributed by atoms with E-state index in [4.69, 9.17) is 10.5 Å². The van der Waals surface area contributed by atoms with E-state index < -0.39 is 35.3 Å². The molecule has 8 heteroatoms. The van der Waals surface area contributed by atoms with Crippen molar-refractivity contribution in [3.8, 4) is 11.5 Å². The highest BCUT2D eigenvalue weighted by atomic mass is 16.5. The van der Waals surface area contributed by atoms with Gasteiger partial charge in [-0.3, -0.25) is 19.2 Å². The summed E-state index contributed by atoms with van der Waals surface area (Å²) in [5, 5.41) is 20.8. The number of cyclic esters (lactones) is 1. The zero-order valence-corrected chi connectivity index (χ0v) is 13.8. The highest BCUT2D eigenvalue weighted by molar-refractivity contribution is 6.30. The molecular formula is C19H13NO7. The Bertz CT molecular complexity index is 1070. The first-order chi connectivity index (χ1) is 12.8. The van der Waals surface area contributed by atoms with Crippen molar-refractivity contribution in [3.05, 3.63) is 57.6 Å². The lowest BCUT2D eigenvalue weighted by Crippen LogP contribution is -2.28. The van der Waals surface area contributed by atoms with Gasteiger partial charge in [0, 0.05) is 16.7 Å². The predicted molar refractivity (Wildman–Crippen MR) is 89.4 cm³/mol. The molecule has 1 amide bonds. The van der Waals surface area contributed by atoms with Gasteiger partial charge in [0.05, 0.1) is 24.0 Å². The third kappa shape index (κ3) is 2.37. The summed E-state index contributed by atoms with van der Waals surface area (Å²) < 4.78 is 5.11. The van der Waals surface area contributed by atoms with Gasteiger partial charge in [-0.05, 0) is 17.7 Å². The molecule has 2 aromatic rings. The average Bonchev–Trinajstić information content (AvgIpc) is 2.58. The minimum atomic E-state index is -1.15. The van der Waals surface area contributed by atoms with Crippen LogP contribution in [0.3, 0.4) is 0 Å². The van der Waals surface area contributed by atoms with Crippen molar-refractivity contribution in [3.63, 3.8) is 0 Å². The largest absolute Gasteiger partial charge is 0.507 e. The van der Waals surface area contributed by atoms with Gasteiger partial charge in [0.2, 0.25) is 11.7 Å². The molecule has 2 aliphatic rings. The van der Waals surface area contributed by atoms with Crippen LogP contribution in [-0.4, -0.2) is 33.7 Å². The van der Waals surface area contributed by atoms with E-state index in [2.05, 4.69) is 0 Å². The lowest BCUT2D eigenvalue weighted by Gasteiger charge is -2.29. The van der Waals surface area contributed by atoms with Crippen molar-refractivity contribution in [2.45, 2.75) is 18.9 Å². The molecule has 1 aliphatic carbocycles. The van der Waals surface area contributed by atoms with Crippen molar-refractivity contribution in [1.82, 2.24) is 0 Å². The summed E-state index contributed by atoms with van der Waals surface area (Å²) in [5.74, 6) is -3.61. The summed E-state index contributed by atoms with van der Waals surface area (Å²) in [5.41, 5.74) is 5.00. The third-order valence-electron chi connectivity index (χ3n) is 4.73. The Hall–Kier alpha value is -3.68. The van der Waals surface area contributed by atoms with Crippen LogP contribution in [0.5, 0.6) is 11.5 Å². The number of fused-ring (bicyclic) bond motifs is 3. The van der Waals surface area contributed by atoms with Gasteiger partial charge in [-0.15, -0.1) is 0 Å². The van der Waals surface area contributed by atoms with Crippen LogP contribution in [0.25, 0.3) is 0 Å². The third-order valence-corrected chi connectivity index (χ3v) is 4.73. The van der Waals surface area contributed by atoms with Crippen LogP contribution in [-0.2, 0) is 20.7 Å². The smallest absolute Gasteiger partial charge is 0.310 e. The summed E-state index contributed by atoms with van der Waals surface area (Å²) in [6, 6.07) is 5.45. The number of esters is 1. The van der Waals surface area contributed by atoms with Crippen LogP contribution in [0.15, 0.2) is 24.3 Å². The fourth-order valence-corrected chi connectivity index (χ4v) is 3.63. The monoisotopic (exact) mass is 367 g/mol. The average molecular weight is 367 g/mol. The number of phenolic OH excluding ortho intramolecular Hbond substituents is 2. The zero-order chi connectivity index (χ0) is 19.5. The summed E-state index contributed by atoms with van der Waals surface area (Å²) in [6.45, 7) is 0. The van der Waals surface area contributed by atoms with Crippen LogP contribution in [0.4, 0.5) is 0 Å². The molecule has 0 fully saturated rings. The molecule has 0 radical (unpaired) electrons.